The summed E-state index contributed by atoms with van der Waals surface area (Å²) in [5.74, 6) is 1.28. The van der Waals surface area contributed by atoms with Crippen molar-refractivity contribution in [1.82, 2.24) is 19.7 Å². The smallest absolute Gasteiger partial charge is 0.228 e. The molecule has 1 aliphatic rings. The van der Waals surface area contributed by atoms with E-state index < -0.39 is 0 Å². The van der Waals surface area contributed by atoms with Crippen molar-refractivity contribution in [3.8, 4) is 11.4 Å². The molecule has 0 saturated carbocycles. The van der Waals surface area contributed by atoms with Crippen molar-refractivity contribution >= 4 is 11.7 Å². The summed E-state index contributed by atoms with van der Waals surface area (Å²) in [6.07, 6.45) is 7.12. The third-order valence-corrected chi connectivity index (χ3v) is 4.33. The highest BCUT2D eigenvalue weighted by Crippen LogP contribution is 2.25. The van der Waals surface area contributed by atoms with Crippen molar-refractivity contribution in [2.24, 2.45) is 13.0 Å². The number of aryl methyl sites for hydroxylation is 1. The fraction of sp³-hybridized carbons (Fsp3) is 0.529. The Labute approximate surface area is 141 Å². The Bertz CT molecular complexity index is 698. The van der Waals surface area contributed by atoms with Crippen molar-refractivity contribution in [1.29, 1.82) is 0 Å². The van der Waals surface area contributed by atoms with Gasteiger partial charge in [0.1, 0.15) is 12.1 Å². The standard InChI is InChI=1S/C17H23N5O2/c1-3-4-14-9-13(6-8-24-14)17(23)20-15-10-12(5-7-18-15)16-21-19-11-22(16)2/h5,7,10-11,13-14H,3-4,6,8-9H2,1-2H3,(H,18,20,23)/t13-,14+/m1/s1. The minimum atomic E-state index is -0.0180. The van der Waals surface area contributed by atoms with Crippen LogP contribution in [0.15, 0.2) is 24.7 Å². The van der Waals surface area contributed by atoms with Gasteiger partial charge in [-0.25, -0.2) is 4.98 Å². The van der Waals surface area contributed by atoms with Gasteiger partial charge in [-0.15, -0.1) is 10.2 Å². The summed E-state index contributed by atoms with van der Waals surface area (Å²) in [5.41, 5.74) is 0.871. The Hall–Kier alpha value is -2.28. The molecule has 0 aromatic carbocycles. The third-order valence-electron chi connectivity index (χ3n) is 4.33. The zero-order valence-corrected chi connectivity index (χ0v) is 14.1. The Morgan fingerprint density at radius 1 is 1.50 bits per heavy atom. The molecule has 3 heterocycles. The van der Waals surface area contributed by atoms with Crippen LogP contribution in [0.5, 0.6) is 0 Å². The number of carbonyl (C=O) groups excluding carboxylic acids is 1. The fourth-order valence-corrected chi connectivity index (χ4v) is 3.05. The van der Waals surface area contributed by atoms with E-state index in [1.165, 1.54) is 0 Å². The fourth-order valence-electron chi connectivity index (χ4n) is 3.05. The Kier molecular flexibility index (Phi) is 5.20. The van der Waals surface area contributed by atoms with Gasteiger partial charge in [0.2, 0.25) is 5.91 Å². The minimum absolute atomic E-state index is 0.0158. The number of hydrogen-bond donors (Lipinski definition) is 1. The monoisotopic (exact) mass is 329 g/mol. The van der Waals surface area contributed by atoms with Gasteiger partial charge in [0.15, 0.2) is 5.82 Å². The number of aromatic nitrogens is 4. The number of ether oxygens (including phenoxy) is 1. The van der Waals surface area contributed by atoms with Crippen LogP contribution in [0, 0.1) is 5.92 Å². The zero-order valence-electron chi connectivity index (χ0n) is 14.1. The molecular weight excluding hydrogens is 306 g/mol. The van der Waals surface area contributed by atoms with Crippen LogP contribution in [-0.4, -0.2) is 38.4 Å². The maximum absolute atomic E-state index is 12.5. The topological polar surface area (TPSA) is 81.9 Å². The molecule has 1 aliphatic heterocycles. The molecule has 0 bridgehead atoms. The second-order valence-corrected chi connectivity index (χ2v) is 6.19. The van der Waals surface area contributed by atoms with E-state index in [1.54, 1.807) is 12.5 Å². The summed E-state index contributed by atoms with van der Waals surface area (Å²) in [7, 11) is 1.88. The molecule has 1 saturated heterocycles. The Morgan fingerprint density at radius 2 is 2.38 bits per heavy atom. The van der Waals surface area contributed by atoms with Gasteiger partial charge in [-0.3, -0.25) is 4.79 Å². The Morgan fingerprint density at radius 3 is 3.12 bits per heavy atom. The first kappa shape index (κ1) is 16.6. The van der Waals surface area contributed by atoms with Crippen LogP contribution in [0.1, 0.15) is 32.6 Å². The molecule has 2 atom stereocenters. The van der Waals surface area contributed by atoms with Crippen molar-refractivity contribution < 1.29 is 9.53 Å². The van der Waals surface area contributed by atoms with Crippen LogP contribution >= 0.6 is 0 Å². The van der Waals surface area contributed by atoms with Crippen LogP contribution in [0.2, 0.25) is 0 Å². The van der Waals surface area contributed by atoms with E-state index in [0.717, 1.165) is 37.1 Å². The minimum Gasteiger partial charge on any atom is -0.378 e. The second-order valence-electron chi connectivity index (χ2n) is 6.19. The largest absolute Gasteiger partial charge is 0.378 e. The van der Waals surface area contributed by atoms with E-state index in [1.807, 2.05) is 23.7 Å². The molecule has 1 fully saturated rings. The van der Waals surface area contributed by atoms with Crippen molar-refractivity contribution in [3.63, 3.8) is 0 Å². The average molecular weight is 329 g/mol. The van der Waals surface area contributed by atoms with E-state index in [-0.39, 0.29) is 17.9 Å². The lowest BCUT2D eigenvalue weighted by atomic mass is 9.93. The summed E-state index contributed by atoms with van der Waals surface area (Å²) < 4.78 is 7.54. The number of carbonyl (C=O) groups is 1. The highest BCUT2D eigenvalue weighted by Gasteiger charge is 2.27. The Balaban J connectivity index is 1.67. The molecule has 0 spiro atoms. The van der Waals surface area contributed by atoms with Crippen molar-refractivity contribution in [3.05, 3.63) is 24.7 Å². The van der Waals surface area contributed by atoms with Crippen LogP contribution in [0.25, 0.3) is 11.4 Å². The molecule has 7 nitrogen and oxygen atoms in total. The highest BCUT2D eigenvalue weighted by molar-refractivity contribution is 5.92. The molecule has 3 rings (SSSR count). The lowest BCUT2D eigenvalue weighted by molar-refractivity contribution is -0.125. The first-order valence-corrected chi connectivity index (χ1v) is 8.40. The number of nitrogens with one attached hydrogen (secondary N) is 1. The first-order valence-electron chi connectivity index (χ1n) is 8.40. The maximum atomic E-state index is 12.5. The molecule has 0 unspecified atom stereocenters. The van der Waals surface area contributed by atoms with Crippen molar-refractivity contribution in [2.45, 2.75) is 38.7 Å². The van der Waals surface area contributed by atoms with Crippen molar-refractivity contribution in [2.75, 3.05) is 11.9 Å². The van der Waals surface area contributed by atoms with Crippen LogP contribution in [0.3, 0.4) is 0 Å². The zero-order chi connectivity index (χ0) is 16.9. The van der Waals surface area contributed by atoms with Crippen LogP contribution in [0.4, 0.5) is 5.82 Å². The SMILES string of the molecule is CCC[C@H]1C[C@H](C(=O)Nc2cc(-c3nncn3C)ccn2)CCO1. The number of anilines is 1. The number of rotatable bonds is 5. The molecule has 24 heavy (non-hydrogen) atoms. The molecule has 1 N–H and O–H groups in total. The van der Waals surface area contributed by atoms with E-state index in [9.17, 15) is 4.79 Å². The van der Waals surface area contributed by atoms with Gasteiger partial charge in [0.25, 0.3) is 0 Å². The lowest BCUT2D eigenvalue weighted by Gasteiger charge is -2.28. The summed E-state index contributed by atoms with van der Waals surface area (Å²) in [5, 5.41) is 10.9. The van der Waals surface area contributed by atoms with Crippen LogP contribution < -0.4 is 5.32 Å². The number of pyridine rings is 1. The number of nitrogens with zero attached hydrogens (tertiary/aromatic N) is 4. The molecular formula is C17H23N5O2. The summed E-state index contributed by atoms with van der Waals surface area (Å²) in [4.78, 5) is 16.8. The summed E-state index contributed by atoms with van der Waals surface area (Å²) in [6.45, 7) is 2.78. The average Bonchev–Trinajstić information content (AvgIpc) is 3.02. The van der Waals surface area contributed by atoms with Gasteiger partial charge in [-0.2, -0.15) is 0 Å². The van der Waals surface area contributed by atoms with E-state index in [2.05, 4.69) is 27.4 Å². The first-order chi connectivity index (χ1) is 11.7. The van der Waals surface area contributed by atoms with Gasteiger partial charge in [-0.05, 0) is 31.4 Å². The van der Waals surface area contributed by atoms with E-state index in [4.69, 9.17) is 4.74 Å². The molecule has 7 heteroatoms. The van der Waals surface area contributed by atoms with Gasteiger partial charge in [0, 0.05) is 31.3 Å². The number of amides is 1. The highest BCUT2D eigenvalue weighted by atomic mass is 16.5. The summed E-state index contributed by atoms with van der Waals surface area (Å²) >= 11 is 0. The van der Waals surface area contributed by atoms with Gasteiger partial charge in [-0.1, -0.05) is 13.3 Å². The second kappa shape index (κ2) is 7.53. The molecule has 0 radical (unpaired) electrons. The van der Waals surface area contributed by atoms with Gasteiger partial charge in [0.05, 0.1) is 6.10 Å². The summed E-state index contributed by atoms with van der Waals surface area (Å²) in [6, 6.07) is 3.68. The molecule has 1 amide bonds. The molecule has 2 aromatic rings. The molecule has 0 aliphatic carbocycles. The normalized spacial score (nSPS) is 20.8. The van der Waals surface area contributed by atoms with Gasteiger partial charge >= 0.3 is 0 Å². The molecule has 2 aromatic heterocycles. The quantitative estimate of drug-likeness (QED) is 0.911. The lowest BCUT2D eigenvalue weighted by Crippen LogP contribution is -2.33. The van der Waals surface area contributed by atoms with Crippen LogP contribution in [-0.2, 0) is 16.6 Å². The predicted octanol–water partition coefficient (Wildman–Crippen LogP) is 2.41. The van der Waals surface area contributed by atoms with Gasteiger partial charge < -0.3 is 14.6 Å². The third kappa shape index (κ3) is 3.79. The van der Waals surface area contributed by atoms with E-state index in [0.29, 0.717) is 12.4 Å². The number of hydrogen-bond acceptors (Lipinski definition) is 5. The maximum Gasteiger partial charge on any atom is 0.228 e. The van der Waals surface area contributed by atoms with E-state index >= 15 is 0 Å². The predicted molar refractivity (Wildman–Crippen MR) is 90.2 cm³/mol. The molecule has 128 valence electrons.